The summed E-state index contributed by atoms with van der Waals surface area (Å²) in [4.78, 5) is 7.10. The molecule has 0 aromatic carbocycles. The van der Waals surface area contributed by atoms with E-state index in [0.717, 1.165) is 50.6 Å². The Morgan fingerprint density at radius 2 is 1.88 bits per heavy atom. The van der Waals surface area contributed by atoms with Crippen LogP contribution in [0.5, 0.6) is 0 Å². The highest BCUT2D eigenvalue weighted by atomic mass is 127. The molecule has 3 rings (SSSR count). The number of nitrogens with one attached hydrogen (secondary N) is 2. The topological polar surface area (TPSA) is 48.9 Å². The molecule has 3 heterocycles. The third-order valence-corrected chi connectivity index (χ3v) is 7.74. The Labute approximate surface area is 174 Å². The first kappa shape index (κ1) is 21.6. The minimum absolute atomic E-state index is 0. The van der Waals surface area contributed by atoms with Crippen LogP contribution in [0.15, 0.2) is 4.99 Å². The first-order valence-corrected chi connectivity index (χ1v) is 10.7. The van der Waals surface area contributed by atoms with Gasteiger partial charge in [-0.3, -0.25) is 4.99 Å². The quantitative estimate of drug-likeness (QED) is 0.367. The van der Waals surface area contributed by atoms with E-state index in [1.54, 1.807) is 0 Å². The van der Waals surface area contributed by atoms with Gasteiger partial charge in [-0.2, -0.15) is 11.8 Å². The Kier molecular flexibility index (Phi) is 8.62. The average Bonchev–Trinajstić information content (AvgIpc) is 2.60. The van der Waals surface area contributed by atoms with Crippen LogP contribution in [0.1, 0.15) is 44.9 Å². The molecule has 2 bridgehead atoms. The maximum Gasteiger partial charge on any atom is 0.191 e. The maximum atomic E-state index is 5.54. The summed E-state index contributed by atoms with van der Waals surface area (Å²) in [7, 11) is 4.20. The van der Waals surface area contributed by atoms with E-state index in [0.29, 0.717) is 10.8 Å². The molecule has 3 aliphatic rings. The lowest BCUT2D eigenvalue weighted by Gasteiger charge is -2.47. The number of hydrogen-bond donors (Lipinski definition) is 2. The predicted octanol–water partition coefficient (Wildman–Crippen LogP) is 2.70. The van der Waals surface area contributed by atoms with Crippen LogP contribution < -0.4 is 10.6 Å². The van der Waals surface area contributed by atoms with Crippen molar-refractivity contribution in [2.45, 2.75) is 67.8 Å². The van der Waals surface area contributed by atoms with Crippen LogP contribution in [0.4, 0.5) is 0 Å². The Morgan fingerprint density at radius 3 is 2.44 bits per heavy atom. The lowest BCUT2D eigenvalue weighted by Crippen LogP contribution is -2.57. The van der Waals surface area contributed by atoms with Crippen molar-refractivity contribution in [1.82, 2.24) is 15.5 Å². The first-order chi connectivity index (χ1) is 11.7. The highest BCUT2D eigenvalue weighted by Gasteiger charge is 2.36. The molecule has 0 amide bonds. The predicted molar refractivity (Wildman–Crippen MR) is 118 cm³/mol. The van der Waals surface area contributed by atoms with Gasteiger partial charge >= 0.3 is 0 Å². The molecule has 2 N–H and O–H groups in total. The second kappa shape index (κ2) is 9.99. The molecule has 25 heavy (non-hydrogen) atoms. The Balaban J connectivity index is 0.00000225. The van der Waals surface area contributed by atoms with Crippen molar-refractivity contribution in [1.29, 1.82) is 0 Å². The van der Waals surface area contributed by atoms with E-state index in [1.165, 1.54) is 32.1 Å². The summed E-state index contributed by atoms with van der Waals surface area (Å²) in [5.74, 6) is 0.975. The summed E-state index contributed by atoms with van der Waals surface area (Å²) in [6.45, 7) is 2.73. The molecule has 0 radical (unpaired) electrons. The second-order valence-corrected chi connectivity index (χ2v) is 8.92. The van der Waals surface area contributed by atoms with Gasteiger partial charge in [0.2, 0.25) is 0 Å². The molecule has 5 nitrogen and oxygen atoms in total. The van der Waals surface area contributed by atoms with E-state index in [9.17, 15) is 0 Å². The zero-order valence-corrected chi connectivity index (χ0v) is 19.1. The maximum absolute atomic E-state index is 5.54. The summed E-state index contributed by atoms with van der Waals surface area (Å²) >= 11 is 1.97. The Bertz CT molecular complexity index is 431. The molecule has 0 aromatic heterocycles. The fourth-order valence-corrected chi connectivity index (χ4v) is 5.35. The van der Waals surface area contributed by atoms with E-state index < -0.39 is 0 Å². The standard InChI is InChI=1S/C18H34N4OS.HI/c1-19-17(20-13-18(24-3)7-9-23-10-8-18)21-14-11-15-5-4-6-16(12-14)22(15)2;/h14-16H,4-13H2,1-3H3,(H2,19,20,21);1H. The number of rotatable bonds is 4. The number of fused-ring (bicyclic) bond motifs is 2. The lowest BCUT2D eigenvalue weighted by molar-refractivity contribution is 0.0525. The average molecular weight is 482 g/mol. The summed E-state index contributed by atoms with van der Waals surface area (Å²) in [6, 6.07) is 2.06. The van der Waals surface area contributed by atoms with E-state index in [4.69, 9.17) is 4.74 Å². The SMILES string of the molecule is CN=C(NCC1(SC)CCOCC1)NC1CC2CCCC(C1)N2C.I. The first-order valence-electron chi connectivity index (χ1n) is 9.48. The Morgan fingerprint density at radius 1 is 1.24 bits per heavy atom. The zero-order valence-electron chi connectivity index (χ0n) is 15.9. The molecule has 0 saturated carbocycles. The fraction of sp³-hybridized carbons (Fsp3) is 0.944. The van der Waals surface area contributed by atoms with Crippen LogP contribution in [0.25, 0.3) is 0 Å². The summed E-state index contributed by atoms with van der Waals surface area (Å²) in [5.41, 5.74) is 0. The number of piperidine rings is 2. The molecular formula is C18H35IN4OS. The number of halogens is 1. The minimum atomic E-state index is 0. The zero-order chi connectivity index (χ0) is 17.0. The van der Waals surface area contributed by atoms with Crippen molar-refractivity contribution < 1.29 is 4.74 Å². The van der Waals surface area contributed by atoms with Crippen molar-refractivity contribution in [3.05, 3.63) is 0 Å². The summed E-state index contributed by atoms with van der Waals surface area (Å²) < 4.78 is 5.83. The van der Waals surface area contributed by atoms with Gasteiger partial charge in [0.1, 0.15) is 0 Å². The van der Waals surface area contributed by atoms with Gasteiger partial charge in [-0.1, -0.05) is 6.42 Å². The highest BCUT2D eigenvalue weighted by molar-refractivity contribution is 14.0. The normalized spacial score (nSPS) is 32.6. The van der Waals surface area contributed by atoms with E-state index in [2.05, 4.69) is 33.8 Å². The van der Waals surface area contributed by atoms with Gasteiger partial charge in [-0.05, 0) is 51.8 Å². The molecule has 0 aromatic rings. The smallest absolute Gasteiger partial charge is 0.191 e. The number of hydrogen-bond acceptors (Lipinski definition) is 4. The summed E-state index contributed by atoms with van der Waals surface area (Å²) in [6.07, 6.45) is 11.1. The fourth-order valence-electron chi connectivity index (χ4n) is 4.56. The van der Waals surface area contributed by atoms with Gasteiger partial charge in [-0.15, -0.1) is 24.0 Å². The van der Waals surface area contributed by atoms with Crippen molar-refractivity contribution in [3.8, 4) is 0 Å². The van der Waals surface area contributed by atoms with Crippen molar-refractivity contribution in [2.24, 2.45) is 4.99 Å². The van der Waals surface area contributed by atoms with Gasteiger partial charge in [0, 0.05) is 49.7 Å². The van der Waals surface area contributed by atoms with E-state index >= 15 is 0 Å². The van der Waals surface area contributed by atoms with Crippen LogP contribution in [0.2, 0.25) is 0 Å². The molecule has 7 heteroatoms. The molecule has 3 aliphatic heterocycles. The van der Waals surface area contributed by atoms with Crippen LogP contribution in [0, 0.1) is 0 Å². The van der Waals surface area contributed by atoms with Crippen LogP contribution in [-0.4, -0.2) is 73.8 Å². The molecule has 146 valence electrons. The number of thioether (sulfide) groups is 1. The molecule has 0 spiro atoms. The van der Waals surface area contributed by atoms with Crippen molar-refractivity contribution in [3.63, 3.8) is 0 Å². The van der Waals surface area contributed by atoms with Crippen molar-refractivity contribution in [2.75, 3.05) is 40.1 Å². The lowest BCUT2D eigenvalue weighted by atomic mass is 9.82. The van der Waals surface area contributed by atoms with Gasteiger partial charge in [0.25, 0.3) is 0 Å². The number of nitrogens with zero attached hydrogens (tertiary/aromatic N) is 2. The van der Waals surface area contributed by atoms with Crippen LogP contribution in [-0.2, 0) is 4.74 Å². The highest BCUT2D eigenvalue weighted by Crippen LogP contribution is 2.34. The third kappa shape index (κ3) is 5.39. The molecule has 0 aliphatic carbocycles. The van der Waals surface area contributed by atoms with Crippen LogP contribution >= 0.6 is 35.7 Å². The molecule has 2 unspecified atom stereocenters. The van der Waals surface area contributed by atoms with Gasteiger partial charge in [-0.25, -0.2) is 0 Å². The van der Waals surface area contributed by atoms with Gasteiger partial charge < -0.3 is 20.3 Å². The van der Waals surface area contributed by atoms with E-state index in [-0.39, 0.29) is 24.0 Å². The Hall–Kier alpha value is 0.270. The number of guanidine groups is 1. The number of aliphatic imine (C=N–C) groups is 1. The second-order valence-electron chi connectivity index (χ2n) is 7.64. The third-order valence-electron chi connectivity index (χ3n) is 6.32. The number of ether oxygens (including phenoxy) is 1. The molecule has 3 fully saturated rings. The van der Waals surface area contributed by atoms with Gasteiger partial charge in [0.05, 0.1) is 0 Å². The largest absolute Gasteiger partial charge is 0.381 e. The van der Waals surface area contributed by atoms with E-state index in [1.807, 2.05) is 18.8 Å². The minimum Gasteiger partial charge on any atom is -0.381 e. The molecule has 3 saturated heterocycles. The summed E-state index contributed by atoms with van der Waals surface area (Å²) in [5, 5.41) is 7.31. The molecule has 2 atom stereocenters. The van der Waals surface area contributed by atoms with Gasteiger partial charge in [0.15, 0.2) is 5.96 Å². The monoisotopic (exact) mass is 482 g/mol. The molecular weight excluding hydrogens is 447 g/mol. The van der Waals surface area contributed by atoms with Crippen LogP contribution in [0.3, 0.4) is 0 Å². The van der Waals surface area contributed by atoms with Crippen molar-refractivity contribution >= 4 is 41.7 Å².